The van der Waals surface area contributed by atoms with Gasteiger partial charge in [-0.3, -0.25) is 9.59 Å². The van der Waals surface area contributed by atoms with Crippen molar-refractivity contribution in [3.8, 4) is 5.75 Å². The minimum absolute atomic E-state index is 0.247. The quantitative estimate of drug-likeness (QED) is 0.660. The van der Waals surface area contributed by atoms with Gasteiger partial charge < -0.3 is 9.64 Å². The van der Waals surface area contributed by atoms with Crippen molar-refractivity contribution in [3.05, 3.63) is 64.9 Å². The summed E-state index contributed by atoms with van der Waals surface area (Å²) in [6.45, 7) is 10.2. The first kappa shape index (κ1) is 21.2. The molecule has 2 aliphatic rings. The molecule has 0 radical (unpaired) electrons. The van der Waals surface area contributed by atoms with Gasteiger partial charge in [0, 0.05) is 19.2 Å². The summed E-state index contributed by atoms with van der Waals surface area (Å²) in [6, 6.07) is 13.2. The largest absolute Gasteiger partial charge is 0.494 e. The number of anilines is 1. The van der Waals surface area contributed by atoms with E-state index in [4.69, 9.17) is 4.74 Å². The van der Waals surface area contributed by atoms with E-state index in [0.717, 1.165) is 42.6 Å². The summed E-state index contributed by atoms with van der Waals surface area (Å²) < 4.78 is 5.60. The number of amides is 2. The van der Waals surface area contributed by atoms with Gasteiger partial charge in [0.1, 0.15) is 11.4 Å². The van der Waals surface area contributed by atoms with Crippen LogP contribution in [-0.4, -0.2) is 36.4 Å². The highest BCUT2D eigenvalue weighted by Gasteiger charge is 2.43. The van der Waals surface area contributed by atoms with Crippen LogP contribution in [0.25, 0.3) is 5.57 Å². The molecule has 0 saturated carbocycles. The standard InChI is InChI=1S/C26H30N2O3/c1-5-31-21-10-6-9-20(15-21)28-25(29)23(22-12-11-17(2)14-19(22)4)24(26(28)30)27-13-7-8-18(3)16-27/h6,9-12,14-15,18H,5,7-8,13,16H2,1-4H3. The minimum atomic E-state index is -0.265. The Balaban J connectivity index is 1.83. The Hall–Kier alpha value is -3.08. The van der Waals surface area contributed by atoms with Gasteiger partial charge in [0.05, 0.1) is 17.9 Å². The van der Waals surface area contributed by atoms with Crippen molar-refractivity contribution in [2.75, 3.05) is 24.6 Å². The van der Waals surface area contributed by atoms with Crippen molar-refractivity contribution in [1.82, 2.24) is 4.90 Å². The maximum atomic E-state index is 13.7. The number of aryl methyl sites for hydroxylation is 2. The molecule has 0 aliphatic carbocycles. The number of hydrogen-bond acceptors (Lipinski definition) is 4. The molecule has 5 heteroatoms. The van der Waals surface area contributed by atoms with Crippen LogP contribution in [0.1, 0.15) is 43.4 Å². The number of piperidine rings is 1. The predicted molar refractivity (Wildman–Crippen MR) is 123 cm³/mol. The number of ether oxygens (including phenoxy) is 1. The number of rotatable bonds is 5. The van der Waals surface area contributed by atoms with Crippen molar-refractivity contribution < 1.29 is 14.3 Å². The van der Waals surface area contributed by atoms with E-state index in [9.17, 15) is 9.59 Å². The maximum absolute atomic E-state index is 13.7. The van der Waals surface area contributed by atoms with E-state index in [0.29, 0.717) is 35.2 Å². The number of nitrogens with zero attached hydrogens (tertiary/aromatic N) is 2. The molecule has 1 atom stereocenters. The van der Waals surface area contributed by atoms with Crippen LogP contribution in [0.3, 0.4) is 0 Å². The Kier molecular flexibility index (Phi) is 5.86. The van der Waals surface area contributed by atoms with E-state index < -0.39 is 0 Å². The van der Waals surface area contributed by atoms with Crippen molar-refractivity contribution >= 4 is 23.1 Å². The normalized spacial score (nSPS) is 19.4. The Labute approximate surface area is 184 Å². The van der Waals surface area contributed by atoms with Gasteiger partial charge in [0.25, 0.3) is 11.8 Å². The molecule has 2 heterocycles. The number of hydrogen-bond donors (Lipinski definition) is 0. The van der Waals surface area contributed by atoms with Gasteiger partial charge in [0.15, 0.2) is 0 Å². The van der Waals surface area contributed by atoms with E-state index >= 15 is 0 Å². The molecule has 1 unspecified atom stereocenters. The summed E-state index contributed by atoms with van der Waals surface area (Å²) >= 11 is 0. The average Bonchev–Trinajstić information content (AvgIpc) is 2.98. The Morgan fingerprint density at radius 1 is 1.06 bits per heavy atom. The molecule has 5 nitrogen and oxygen atoms in total. The third-order valence-corrected chi connectivity index (χ3v) is 6.07. The van der Waals surface area contributed by atoms with Crippen LogP contribution in [0.5, 0.6) is 5.75 Å². The highest BCUT2D eigenvalue weighted by Crippen LogP contribution is 2.38. The Morgan fingerprint density at radius 2 is 1.87 bits per heavy atom. The first-order chi connectivity index (χ1) is 14.9. The molecule has 0 N–H and O–H groups in total. The van der Waals surface area contributed by atoms with Gasteiger partial charge in [-0.25, -0.2) is 4.90 Å². The average molecular weight is 419 g/mol. The monoisotopic (exact) mass is 418 g/mol. The number of carbonyl (C=O) groups is 2. The van der Waals surface area contributed by atoms with Crippen molar-refractivity contribution in [1.29, 1.82) is 0 Å². The van der Waals surface area contributed by atoms with Crippen LogP contribution in [0.15, 0.2) is 48.2 Å². The van der Waals surface area contributed by atoms with Crippen molar-refractivity contribution in [2.24, 2.45) is 5.92 Å². The van der Waals surface area contributed by atoms with Crippen LogP contribution in [0.4, 0.5) is 5.69 Å². The topological polar surface area (TPSA) is 49.9 Å². The van der Waals surface area contributed by atoms with Crippen LogP contribution in [-0.2, 0) is 9.59 Å². The molecule has 162 valence electrons. The second-order valence-corrected chi connectivity index (χ2v) is 8.61. The van der Waals surface area contributed by atoms with E-state index in [1.54, 1.807) is 12.1 Å². The fraction of sp³-hybridized carbons (Fsp3) is 0.385. The molecular formula is C26H30N2O3. The van der Waals surface area contributed by atoms with Crippen LogP contribution in [0, 0.1) is 19.8 Å². The zero-order chi connectivity index (χ0) is 22.1. The number of carbonyl (C=O) groups excluding carboxylic acids is 2. The molecule has 2 aromatic rings. The molecular weight excluding hydrogens is 388 g/mol. The molecule has 31 heavy (non-hydrogen) atoms. The zero-order valence-corrected chi connectivity index (χ0v) is 18.8. The van der Waals surface area contributed by atoms with Gasteiger partial charge in [-0.2, -0.15) is 0 Å². The lowest BCUT2D eigenvalue weighted by Crippen LogP contribution is -2.39. The highest BCUT2D eigenvalue weighted by molar-refractivity contribution is 6.45. The predicted octanol–water partition coefficient (Wildman–Crippen LogP) is 4.72. The summed E-state index contributed by atoms with van der Waals surface area (Å²) in [6.07, 6.45) is 2.16. The van der Waals surface area contributed by atoms with E-state index in [-0.39, 0.29) is 11.8 Å². The zero-order valence-electron chi connectivity index (χ0n) is 18.8. The smallest absolute Gasteiger partial charge is 0.282 e. The lowest BCUT2D eigenvalue weighted by Gasteiger charge is -2.33. The maximum Gasteiger partial charge on any atom is 0.282 e. The van der Waals surface area contributed by atoms with Gasteiger partial charge in [-0.05, 0) is 62.8 Å². The number of benzene rings is 2. The molecule has 1 saturated heterocycles. The SMILES string of the molecule is CCOc1cccc(N2C(=O)C(c3ccc(C)cc3C)=C(N3CCCC(C)C3)C2=O)c1. The molecule has 2 aliphatic heterocycles. The first-order valence-corrected chi connectivity index (χ1v) is 11.1. The fourth-order valence-corrected chi connectivity index (χ4v) is 4.65. The van der Waals surface area contributed by atoms with E-state index in [2.05, 4.69) is 17.9 Å². The van der Waals surface area contributed by atoms with Crippen LogP contribution >= 0.6 is 0 Å². The number of imide groups is 1. The van der Waals surface area contributed by atoms with Crippen molar-refractivity contribution in [2.45, 2.75) is 40.5 Å². The third-order valence-electron chi connectivity index (χ3n) is 6.07. The molecule has 4 rings (SSSR count). The molecule has 0 aromatic heterocycles. The summed E-state index contributed by atoms with van der Waals surface area (Å²) in [5.41, 5.74) is 4.56. The van der Waals surface area contributed by atoms with Gasteiger partial charge in [0.2, 0.25) is 0 Å². The second-order valence-electron chi connectivity index (χ2n) is 8.61. The minimum Gasteiger partial charge on any atom is -0.494 e. The van der Waals surface area contributed by atoms with Crippen molar-refractivity contribution in [3.63, 3.8) is 0 Å². The number of likely N-dealkylation sites (tertiary alicyclic amines) is 1. The lowest BCUT2D eigenvalue weighted by atomic mass is 9.95. The summed E-state index contributed by atoms with van der Waals surface area (Å²) in [4.78, 5) is 30.9. The lowest BCUT2D eigenvalue weighted by molar-refractivity contribution is -0.120. The van der Waals surface area contributed by atoms with Gasteiger partial charge in [-0.15, -0.1) is 0 Å². The molecule has 1 fully saturated rings. The Bertz CT molecular complexity index is 1060. The van der Waals surface area contributed by atoms with Crippen LogP contribution in [0.2, 0.25) is 0 Å². The summed E-state index contributed by atoms with van der Waals surface area (Å²) in [5.74, 6) is 0.620. The van der Waals surface area contributed by atoms with Crippen LogP contribution < -0.4 is 9.64 Å². The molecule has 2 amide bonds. The summed E-state index contributed by atoms with van der Waals surface area (Å²) in [5, 5.41) is 0. The van der Waals surface area contributed by atoms with Gasteiger partial charge >= 0.3 is 0 Å². The van der Waals surface area contributed by atoms with E-state index in [1.165, 1.54) is 4.90 Å². The molecule has 0 bridgehead atoms. The Morgan fingerprint density at radius 3 is 2.58 bits per heavy atom. The third kappa shape index (κ3) is 3.97. The molecule has 0 spiro atoms. The second kappa shape index (κ2) is 8.58. The van der Waals surface area contributed by atoms with E-state index in [1.807, 2.05) is 45.0 Å². The molecule has 2 aromatic carbocycles. The highest BCUT2D eigenvalue weighted by atomic mass is 16.5. The first-order valence-electron chi connectivity index (χ1n) is 11.1. The fourth-order valence-electron chi connectivity index (χ4n) is 4.65. The summed E-state index contributed by atoms with van der Waals surface area (Å²) in [7, 11) is 0. The van der Waals surface area contributed by atoms with Gasteiger partial charge in [-0.1, -0.05) is 36.8 Å².